The van der Waals surface area contributed by atoms with Crippen LogP contribution >= 0.6 is 0 Å². The van der Waals surface area contributed by atoms with Gasteiger partial charge in [0, 0.05) is 18.3 Å². The van der Waals surface area contributed by atoms with Crippen LogP contribution in [0.5, 0.6) is 0 Å². The summed E-state index contributed by atoms with van der Waals surface area (Å²) in [5.41, 5.74) is -1.61. The van der Waals surface area contributed by atoms with Gasteiger partial charge in [-0.25, -0.2) is 0 Å². The van der Waals surface area contributed by atoms with Gasteiger partial charge in [-0.3, -0.25) is 9.59 Å². The van der Waals surface area contributed by atoms with Crippen molar-refractivity contribution in [3.8, 4) is 0 Å². The van der Waals surface area contributed by atoms with Gasteiger partial charge in [-0.1, -0.05) is 32.9 Å². The highest BCUT2D eigenvalue weighted by atomic mass is 16.6. The van der Waals surface area contributed by atoms with Gasteiger partial charge in [-0.2, -0.15) is 0 Å². The highest BCUT2D eigenvalue weighted by molar-refractivity contribution is 5.95. The van der Waals surface area contributed by atoms with Gasteiger partial charge in [-0.15, -0.1) is 6.58 Å². The highest BCUT2D eigenvalue weighted by Crippen LogP contribution is 2.63. The lowest BCUT2D eigenvalue weighted by Gasteiger charge is -2.64. The largest absolute Gasteiger partial charge is 0.459 e. The summed E-state index contributed by atoms with van der Waals surface area (Å²) < 4.78 is 12.3. The highest BCUT2D eigenvalue weighted by Gasteiger charge is 2.64. The molecule has 1 saturated heterocycles. The summed E-state index contributed by atoms with van der Waals surface area (Å²) in [7, 11) is 0. The minimum absolute atomic E-state index is 0.162. The molecule has 26 heavy (non-hydrogen) atoms. The van der Waals surface area contributed by atoms with E-state index in [4.69, 9.17) is 9.47 Å². The number of hydrogen-bond acceptors (Lipinski definition) is 4. The van der Waals surface area contributed by atoms with Gasteiger partial charge in [0.15, 0.2) is 5.78 Å². The molecule has 144 valence electrons. The Kier molecular flexibility index (Phi) is 4.31. The number of esters is 1. The quantitative estimate of drug-likeness (QED) is 0.546. The lowest BCUT2D eigenvalue weighted by molar-refractivity contribution is -0.272. The molecule has 0 aromatic heterocycles. The van der Waals surface area contributed by atoms with Crippen LogP contribution in [0.3, 0.4) is 0 Å². The van der Waals surface area contributed by atoms with E-state index in [-0.39, 0.29) is 46.1 Å². The number of ether oxygens (including phenoxy) is 2. The SMILES string of the molecule is C=C[C@]1(C)O[C@@]2(C)CC[C@@H]3C(C)(C)C(=O)C=C[C@@]3(C)[C@@H]2C[C@H]1OC(C)=O. The summed E-state index contributed by atoms with van der Waals surface area (Å²) in [6, 6.07) is 0. The molecule has 0 N–H and O–H groups in total. The van der Waals surface area contributed by atoms with Gasteiger partial charge in [0.1, 0.15) is 11.7 Å². The molecule has 6 atom stereocenters. The van der Waals surface area contributed by atoms with E-state index in [0.717, 1.165) is 12.8 Å². The monoisotopic (exact) mass is 360 g/mol. The van der Waals surface area contributed by atoms with Crippen LogP contribution in [0.1, 0.15) is 60.8 Å². The van der Waals surface area contributed by atoms with E-state index < -0.39 is 5.60 Å². The molecule has 0 bridgehead atoms. The number of carbonyl (C=O) groups excluding carboxylic acids is 2. The average molecular weight is 360 g/mol. The lowest BCUT2D eigenvalue weighted by Crippen LogP contribution is -2.66. The van der Waals surface area contributed by atoms with Gasteiger partial charge >= 0.3 is 5.97 Å². The second-order valence-electron chi connectivity index (χ2n) is 9.57. The summed E-state index contributed by atoms with van der Waals surface area (Å²) >= 11 is 0. The number of carbonyl (C=O) groups is 2. The number of hydrogen-bond donors (Lipinski definition) is 0. The van der Waals surface area contributed by atoms with Crippen molar-refractivity contribution in [3.05, 3.63) is 24.8 Å². The molecule has 3 rings (SSSR count). The van der Waals surface area contributed by atoms with Crippen LogP contribution in [-0.2, 0) is 19.1 Å². The maximum Gasteiger partial charge on any atom is 0.303 e. The first-order valence-electron chi connectivity index (χ1n) is 9.64. The Morgan fingerprint density at radius 3 is 2.50 bits per heavy atom. The Labute approximate surface area is 157 Å². The van der Waals surface area contributed by atoms with Crippen molar-refractivity contribution in [1.82, 2.24) is 0 Å². The van der Waals surface area contributed by atoms with Crippen LogP contribution in [0.4, 0.5) is 0 Å². The minimum Gasteiger partial charge on any atom is -0.459 e. The van der Waals surface area contributed by atoms with Crippen LogP contribution < -0.4 is 0 Å². The van der Waals surface area contributed by atoms with Gasteiger partial charge in [0.05, 0.1) is 5.60 Å². The Morgan fingerprint density at radius 2 is 1.92 bits per heavy atom. The van der Waals surface area contributed by atoms with E-state index in [1.807, 2.05) is 6.92 Å². The van der Waals surface area contributed by atoms with Crippen molar-refractivity contribution >= 4 is 11.8 Å². The first-order valence-corrected chi connectivity index (χ1v) is 9.64. The van der Waals surface area contributed by atoms with Crippen molar-refractivity contribution in [3.63, 3.8) is 0 Å². The predicted molar refractivity (Wildman–Crippen MR) is 101 cm³/mol. The van der Waals surface area contributed by atoms with Crippen molar-refractivity contribution in [2.24, 2.45) is 22.7 Å². The van der Waals surface area contributed by atoms with Crippen molar-refractivity contribution < 1.29 is 19.1 Å². The van der Waals surface area contributed by atoms with Crippen LogP contribution in [0, 0.1) is 22.7 Å². The first-order chi connectivity index (χ1) is 11.9. The van der Waals surface area contributed by atoms with Crippen LogP contribution in [0.25, 0.3) is 0 Å². The smallest absolute Gasteiger partial charge is 0.303 e. The van der Waals surface area contributed by atoms with E-state index in [2.05, 4.69) is 40.3 Å². The standard InChI is InChI=1S/C22H32O4/c1-8-21(6)18(25-14(2)23)13-16-20(5)11-10-17(24)19(3,4)15(20)9-12-22(16,7)26-21/h8,10-11,15-16,18H,1,9,12-13H2,2-7H3/t15-,16+,18-,20-,21+,22+/m1/s1. The van der Waals surface area contributed by atoms with Crippen molar-refractivity contribution in [2.75, 3.05) is 0 Å². The van der Waals surface area contributed by atoms with Gasteiger partial charge < -0.3 is 9.47 Å². The number of fused-ring (bicyclic) bond motifs is 3. The van der Waals surface area contributed by atoms with E-state index in [1.54, 1.807) is 12.2 Å². The molecular weight excluding hydrogens is 328 g/mol. The Hall–Kier alpha value is -1.42. The zero-order valence-corrected chi connectivity index (χ0v) is 16.9. The molecule has 0 aromatic carbocycles. The van der Waals surface area contributed by atoms with E-state index in [9.17, 15) is 9.59 Å². The minimum atomic E-state index is -0.705. The molecule has 0 radical (unpaired) electrons. The third-order valence-electron chi connectivity index (χ3n) is 7.52. The van der Waals surface area contributed by atoms with Crippen molar-refractivity contribution in [1.29, 1.82) is 0 Å². The molecule has 0 aromatic rings. The topological polar surface area (TPSA) is 52.6 Å². The summed E-state index contributed by atoms with van der Waals surface area (Å²) in [4.78, 5) is 24.2. The fourth-order valence-electron chi connectivity index (χ4n) is 6.01. The van der Waals surface area contributed by atoms with E-state index >= 15 is 0 Å². The van der Waals surface area contributed by atoms with Gasteiger partial charge in [0.2, 0.25) is 0 Å². The van der Waals surface area contributed by atoms with E-state index in [0.29, 0.717) is 6.42 Å². The molecular formula is C22H32O4. The van der Waals surface area contributed by atoms with Crippen LogP contribution in [0.15, 0.2) is 24.8 Å². The number of allylic oxidation sites excluding steroid dienone is 2. The second-order valence-corrected chi connectivity index (χ2v) is 9.57. The summed E-state index contributed by atoms with van der Waals surface area (Å²) in [6.07, 6.45) is 7.78. The van der Waals surface area contributed by atoms with Crippen LogP contribution in [0.2, 0.25) is 0 Å². The zero-order chi connectivity index (χ0) is 19.5. The molecule has 1 heterocycles. The fraction of sp³-hybridized carbons (Fsp3) is 0.727. The first kappa shape index (κ1) is 19.3. The fourth-order valence-corrected chi connectivity index (χ4v) is 6.01. The summed E-state index contributed by atoms with van der Waals surface area (Å²) in [6.45, 7) is 15.9. The second kappa shape index (κ2) is 5.79. The van der Waals surface area contributed by atoms with Gasteiger partial charge in [-0.05, 0) is 50.5 Å². The molecule has 2 aliphatic carbocycles. The predicted octanol–water partition coefficient (Wildman–Crippen LogP) is 4.24. The molecule has 3 aliphatic rings. The maximum atomic E-state index is 12.5. The Morgan fingerprint density at radius 1 is 1.27 bits per heavy atom. The molecule has 0 spiro atoms. The van der Waals surface area contributed by atoms with Gasteiger partial charge in [0.25, 0.3) is 0 Å². The van der Waals surface area contributed by atoms with E-state index in [1.165, 1.54) is 6.92 Å². The lowest BCUT2D eigenvalue weighted by atomic mass is 9.46. The number of rotatable bonds is 2. The third kappa shape index (κ3) is 2.60. The molecule has 0 unspecified atom stereocenters. The summed E-state index contributed by atoms with van der Waals surface area (Å²) in [5.74, 6) is 0.310. The normalized spacial score (nSPS) is 46.8. The average Bonchev–Trinajstić information content (AvgIpc) is 2.52. The maximum absolute atomic E-state index is 12.5. The number of ketones is 1. The van der Waals surface area contributed by atoms with Crippen molar-refractivity contribution in [2.45, 2.75) is 78.1 Å². The molecule has 1 saturated carbocycles. The summed E-state index contributed by atoms with van der Waals surface area (Å²) in [5, 5.41) is 0. The zero-order valence-electron chi connectivity index (χ0n) is 16.9. The molecule has 4 heteroatoms. The third-order valence-corrected chi connectivity index (χ3v) is 7.52. The molecule has 4 nitrogen and oxygen atoms in total. The molecule has 2 fully saturated rings. The Balaban J connectivity index is 2.05. The van der Waals surface area contributed by atoms with Crippen LogP contribution in [-0.4, -0.2) is 29.1 Å². The molecule has 1 aliphatic heterocycles. The molecule has 0 amide bonds. The Bertz CT molecular complexity index is 678.